The Morgan fingerprint density at radius 2 is 1.44 bits per heavy atom. The monoisotopic (exact) mass is 473 g/mol. The van der Waals surface area contributed by atoms with Crippen LogP contribution in [0.2, 0.25) is 0 Å². The van der Waals surface area contributed by atoms with E-state index in [1.807, 2.05) is 60.4 Å². The van der Waals surface area contributed by atoms with E-state index in [4.69, 9.17) is 9.97 Å². The maximum absolute atomic E-state index is 13.0. The predicted molar refractivity (Wildman–Crippen MR) is 144 cm³/mol. The third kappa shape index (κ3) is 4.01. The lowest BCUT2D eigenvalue weighted by Crippen LogP contribution is -2.49. The molecule has 1 aliphatic rings. The Morgan fingerprint density at radius 3 is 2.14 bits per heavy atom. The van der Waals surface area contributed by atoms with Crippen molar-refractivity contribution in [1.29, 1.82) is 0 Å². The van der Waals surface area contributed by atoms with E-state index < -0.39 is 0 Å². The van der Waals surface area contributed by atoms with E-state index in [1.54, 1.807) is 6.33 Å². The van der Waals surface area contributed by atoms with Gasteiger partial charge in [-0.2, -0.15) is 0 Å². The highest BCUT2D eigenvalue weighted by atomic mass is 16.2. The molecule has 3 aromatic carbocycles. The van der Waals surface area contributed by atoms with E-state index in [9.17, 15) is 4.79 Å². The molecule has 6 rings (SSSR count). The zero-order valence-electron chi connectivity index (χ0n) is 20.2. The van der Waals surface area contributed by atoms with Crippen LogP contribution in [0.1, 0.15) is 15.9 Å². The van der Waals surface area contributed by atoms with Crippen molar-refractivity contribution in [2.75, 3.05) is 31.1 Å². The zero-order valence-corrected chi connectivity index (χ0v) is 20.2. The van der Waals surface area contributed by atoms with Crippen LogP contribution in [0.4, 0.5) is 5.82 Å². The topological polar surface area (TPSA) is 54.3 Å². The number of hydrogen-bond donors (Lipinski definition) is 0. The van der Waals surface area contributed by atoms with E-state index in [0.29, 0.717) is 26.2 Å². The fourth-order valence-electron chi connectivity index (χ4n) is 4.91. The minimum Gasteiger partial charge on any atom is -0.352 e. The number of benzene rings is 3. The van der Waals surface area contributed by atoms with Gasteiger partial charge in [-0.05, 0) is 36.8 Å². The van der Waals surface area contributed by atoms with Crippen molar-refractivity contribution in [3.05, 3.63) is 109 Å². The van der Waals surface area contributed by atoms with Crippen molar-refractivity contribution in [1.82, 2.24) is 19.4 Å². The normalized spacial score (nSPS) is 13.8. The van der Waals surface area contributed by atoms with Gasteiger partial charge in [0.25, 0.3) is 5.91 Å². The number of carbonyl (C=O) groups excluding carboxylic acids is 1. The van der Waals surface area contributed by atoms with Gasteiger partial charge in [0, 0.05) is 49.2 Å². The lowest BCUT2D eigenvalue weighted by molar-refractivity contribution is 0.0746. The minimum atomic E-state index is 0.0858. The standard InChI is InChI=1S/C30H27N5O/c1-22-12-14-24(15-13-22)30(36)34-18-16-33(17-19-34)28-27-26(23-8-4-2-5-9-23)20-35(29(27)32-21-31-28)25-10-6-3-7-11-25/h2-15,20-21H,16-19H2,1H3. The van der Waals surface area contributed by atoms with Crippen molar-refractivity contribution in [3.63, 3.8) is 0 Å². The summed E-state index contributed by atoms with van der Waals surface area (Å²) in [6, 6.07) is 28.5. The molecule has 0 spiro atoms. The summed E-state index contributed by atoms with van der Waals surface area (Å²) in [5.41, 5.74) is 6.06. The van der Waals surface area contributed by atoms with Gasteiger partial charge in [-0.1, -0.05) is 66.2 Å². The number of piperazine rings is 1. The van der Waals surface area contributed by atoms with Crippen molar-refractivity contribution in [2.45, 2.75) is 6.92 Å². The maximum atomic E-state index is 13.0. The number of rotatable bonds is 4. The molecule has 0 aliphatic carbocycles. The SMILES string of the molecule is Cc1ccc(C(=O)N2CCN(c3ncnc4c3c(-c3ccccc3)cn4-c3ccccc3)CC2)cc1. The fraction of sp³-hybridized carbons (Fsp3) is 0.167. The largest absolute Gasteiger partial charge is 0.352 e. The molecule has 0 bridgehead atoms. The smallest absolute Gasteiger partial charge is 0.253 e. The lowest BCUT2D eigenvalue weighted by atomic mass is 10.1. The highest BCUT2D eigenvalue weighted by Gasteiger charge is 2.26. The van der Waals surface area contributed by atoms with Crippen LogP contribution in [0, 0.1) is 6.92 Å². The molecular formula is C30H27N5O. The molecule has 178 valence electrons. The molecule has 1 aliphatic heterocycles. The summed E-state index contributed by atoms with van der Waals surface area (Å²) in [4.78, 5) is 26.7. The Balaban J connectivity index is 1.36. The van der Waals surface area contributed by atoms with E-state index in [-0.39, 0.29) is 5.91 Å². The van der Waals surface area contributed by atoms with Crippen molar-refractivity contribution >= 4 is 22.8 Å². The molecule has 1 saturated heterocycles. The molecule has 3 heterocycles. The fourth-order valence-corrected chi connectivity index (χ4v) is 4.91. The number of fused-ring (bicyclic) bond motifs is 1. The molecule has 6 nitrogen and oxygen atoms in total. The summed E-state index contributed by atoms with van der Waals surface area (Å²) in [6.45, 7) is 4.77. The Hall–Kier alpha value is -4.45. The molecule has 0 saturated carbocycles. The van der Waals surface area contributed by atoms with Crippen molar-refractivity contribution in [2.24, 2.45) is 0 Å². The first kappa shape index (κ1) is 22.0. The Labute approximate surface area is 210 Å². The summed E-state index contributed by atoms with van der Waals surface area (Å²) < 4.78 is 2.14. The number of anilines is 1. The Bertz CT molecular complexity index is 1500. The third-order valence-corrected chi connectivity index (χ3v) is 6.85. The van der Waals surface area contributed by atoms with E-state index in [2.05, 4.69) is 52.1 Å². The van der Waals surface area contributed by atoms with Crippen LogP contribution in [-0.2, 0) is 0 Å². The minimum absolute atomic E-state index is 0.0858. The number of nitrogens with zero attached hydrogens (tertiary/aromatic N) is 5. The van der Waals surface area contributed by atoms with Gasteiger partial charge in [0.05, 0.1) is 5.39 Å². The first-order chi connectivity index (χ1) is 17.7. The second-order valence-electron chi connectivity index (χ2n) is 9.16. The van der Waals surface area contributed by atoms with Gasteiger partial charge in [-0.15, -0.1) is 0 Å². The van der Waals surface area contributed by atoms with Crippen molar-refractivity contribution < 1.29 is 4.79 Å². The van der Waals surface area contributed by atoms with Crippen LogP contribution < -0.4 is 4.90 Å². The molecular weight excluding hydrogens is 446 g/mol. The summed E-state index contributed by atoms with van der Waals surface area (Å²) in [6.07, 6.45) is 3.81. The average Bonchev–Trinajstić information content (AvgIpc) is 3.34. The van der Waals surface area contributed by atoms with Gasteiger partial charge in [0.15, 0.2) is 5.65 Å². The molecule has 6 heteroatoms. The zero-order chi connectivity index (χ0) is 24.5. The summed E-state index contributed by atoms with van der Waals surface area (Å²) in [7, 11) is 0. The van der Waals surface area contributed by atoms with Gasteiger partial charge in [-0.25, -0.2) is 9.97 Å². The molecule has 1 fully saturated rings. The van der Waals surface area contributed by atoms with Gasteiger partial charge < -0.3 is 14.4 Å². The average molecular weight is 474 g/mol. The summed E-state index contributed by atoms with van der Waals surface area (Å²) >= 11 is 0. The number of aromatic nitrogens is 3. The number of carbonyl (C=O) groups is 1. The lowest BCUT2D eigenvalue weighted by Gasteiger charge is -2.35. The number of hydrogen-bond acceptors (Lipinski definition) is 4. The van der Waals surface area contributed by atoms with Crippen LogP contribution >= 0.6 is 0 Å². The van der Waals surface area contributed by atoms with Gasteiger partial charge in [0.1, 0.15) is 12.1 Å². The van der Waals surface area contributed by atoms with Gasteiger partial charge >= 0.3 is 0 Å². The molecule has 0 atom stereocenters. The summed E-state index contributed by atoms with van der Waals surface area (Å²) in [5.74, 6) is 0.999. The molecule has 5 aromatic rings. The van der Waals surface area contributed by atoms with Gasteiger partial charge in [0.2, 0.25) is 0 Å². The van der Waals surface area contributed by atoms with Crippen molar-refractivity contribution in [3.8, 4) is 16.8 Å². The van der Waals surface area contributed by atoms with Crippen LogP contribution in [0.5, 0.6) is 0 Å². The second-order valence-corrected chi connectivity index (χ2v) is 9.16. The van der Waals surface area contributed by atoms with Gasteiger partial charge in [-0.3, -0.25) is 4.79 Å². The summed E-state index contributed by atoms with van der Waals surface area (Å²) in [5, 5.41) is 1.03. The third-order valence-electron chi connectivity index (χ3n) is 6.85. The molecule has 0 unspecified atom stereocenters. The highest BCUT2D eigenvalue weighted by Crippen LogP contribution is 2.37. The van der Waals surface area contributed by atoms with Crippen LogP contribution in [0.15, 0.2) is 97.5 Å². The number of para-hydroxylation sites is 1. The van der Waals surface area contributed by atoms with E-state index in [0.717, 1.165) is 44.8 Å². The first-order valence-electron chi connectivity index (χ1n) is 12.3. The first-order valence-corrected chi connectivity index (χ1v) is 12.3. The molecule has 0 N–H and O–H groups in total. The number of aryl methyl sites for hydroxylation is 1. The van der Waals surface area contributed by atoms with Crippen LogP contribution in [-0.4, -0.2) is 51.5 Å². The Morgan fingerprint density at radius 1 is 0.778 bits per heavy atom. The maximum Gasteiger partial charge on any atom is 0.253 e. The molecule has 2 aromatic heterocycles. The molecule has 36 heavy (non-hydrogen) atoms. The second kappa shape index (κ2) is 9.30. The quantitative estimate of drug-likeness (QED) is 0.353. The van der Waals surface area contributed by atoms with Crippen LogP contribution in [0.25, 0.3) is 27.8 Å². The number of amides is 1. The predicted octanol–water partition coefficient (Wildman–Crippen LogP) is 5.36. The molecule has 0 radical (unpaired) electrons. The highest BCUT2D eigenvalue weighted by molar-refractivity contribution is 6.02. The molecule has 1 amide bonds. The van der Waals surface area contributed by atoms with E-state index >= 15 is 0 Å². The Kier molecular flexibility index (Phi) is 5.70. The van der Waals surface area contributed by atoms with Crippen LogP contribution in [0.3, 0.4) is 0 Å². The van der Waals surface area contributed by atoms with E-state index in [1.165, 1.54) is 0 Å².